The summed E-state index contributed by atoms with van der Waals surface area (Å²) in [6.45, 7) is 2.33. The Balaban J connectivity index is 0.00000243. The van der Waals surface area contributed by atoms with Gasteiger partial charge in [-0.25, -0.2) is 9.98 Å². The van der Waals surface area contributed by atoms with Crippen LogP contribution in [0.4, 0.5) is 5.69 Å². The van der Waals surface area contributed by atoms with Crippen molar-refractivity contribution in [2.75, 3.05) is 12.4 Å². The summed E-state index contributed by atoms with van der Waals surface area (Å²) >= 11 is 0. The summed E-state index contributed by atoms with van der Waals surface area (Å²) in [6, 6.07) is 15.4. The van der Waals surface area contributed by atoms with E-state index < -0.39 is 0 Å². The van der Waals surface area contributed by atoms with Crippen LogP contribution in [0.5, 0.6) is 5.75 Å². The highest BCUT2D eigenvalue weighted by Gasteiger charge is 2.04. The first kappa shape index (κ1) is 19.7. The zero-order valence-corrected chi connectivity index (χ0v) is 16.9. The van der Waals surface area contributed by atoms with Crippen LogP contribution in [0.1, 0.15) is 11.4 Å². The number of aliphatic imine (C=N–C) groups is 1. The van der Waals surface area contributed by atoms with E-state index in [1.54, 1.807) is 7.11 Å². The summed E-state index contributed by atoms with van der Waals surface area (Å²) in [5.41, 5.74) is 8.76. The normalized spacial score (nSPS) is 10.9. The van der Waals surface area contributed by atoms with Gasteiger partial charge in [0, 0.05) is 17.3 Å². The third-order valence-corrected chi connectivity index (χ3v) is 3.56. The Hall–Kier alpha value is -2.62. The van der Waals surface area contributed by atoms with Crippen LogP contribution in [0, 0.1) is 6.92 Å². The number of nitrogens with one attached hydrogen (secondary N) is 2. The van der Waals surface area contributed by atoms with Crippen LogP contribution in [0.25, 0.3) is 11.4 Å². The van der Waals surface area contributed by atoms with Gasteiger partial charge in [-0.05, 0) is 30.7 Å². The molecule has 0 fully saturated rings. The summed E-state index contributed by atoms with van der Waals surface area (Å²) in [4.78, 5) is 8.72. The summed E-state index contributed by atoms with van der Waals surface area (Å²) in [5.74, 6) is 2.55. The Kier molecular flexibility index (Phi) is 6.96. The van der Waals surface area contributed by atoms with Gasteiger partial charge in [0.2, 0.25) is 0 Å². The number of rotatable bonds is 5. The number of aromatic nitrogens is 3. The fourth-order valence-corrected chi connectivity index (χ4v) is 2.35. The van der Waals surface area contributed by atoms with Crippen molar-refractivity contribution in [3.05, 3.63) is 59.9 Å². The number of nitrogens with zero attached hydrogens (tertiary/aromatic N) is 3. The quantitative estimate of drug-likeness (QED) is 0.306. The second kappa shape index (κ2) is 9.18. The van der Waals surface area contributed by atoms with Crippen LogP contribution in [0.3, 0.4) is 0 Å². The van der Waals surface area contributed by atoms with Crippen molar-refractivity contribution in [2.45, 2.75) is 13.5 Å². The Morgan fingerprint density at radius 2 is 2.04 bits per heavy atom. The number of anilines is 1. The number of H-pyrrole nitrogens is 1. The minimum absolute atomic E-state index is 0. The molecule has 0 amide bonds. The number of aryl methyl sites for hydroxylation is 1. The molecule has 7 nitrogen and oxygen atoms in total. The van der Waals surface area contributed by atoms with E-state index in [1.165, 1.54) is 0 Å². The van der Waals surface area contributed by atoms with E-state index in [4.69, 9.17) is 10.5 Å². The molecule has 0 radical (unpaired) electrons. The molecule has 0 bridgehead atoms. The van der Waals surface area contributed by atoms with Gasteiger partial charge in [0.05, 0.1) is 13.7 Å². The van der Waals surface area contributed by atoms with Crippen LogP contribution in [-0.4, -0.2) is 28.3 Å². The average molecular weight is 464 g/mol. The van der Waals surface area contributed by atoms with Crippen LogP contribution in [-0.2, 0) is 6.54 Å². The molecule has 0 aliphatic rings. The largest absolute Gasteiger partial charge is 0.497 e. The van der Waals surface area contributed by atoms with Crippen molar-refractivity contribution in [3.63, 3.8) is 0 Å². The first-order chi connectivity index (χ1) is 12.1. The van der Waals surface area contributed by atoms with Crippen molar-refractivity contribution in [1.29, 1.82) is 0 Å². The van der Waals surface area contributed by atoms with Gasteiger partial charge < -0.3 is 15.8 Å². The number of hydrogen-bond acceptors (Lipinski definition) is 4. The summed E-state index contributed by atoms with van der Waals surface area (Å²) < 4.78 is 5.19. The third kappa shape index (κ3) is 5.19. The van der Waals surface area contributed by atoms with Crippen molar-refractivity contribution < 1.29 is 4.74 Å². The second-order valence-corrected chi connectivity index (χ2v) is 5.50. The van der Waals surface area contributed by atoms with E-state index in [0.29, 0.717) is 18.3 Å². The van der Waals surface area contributed by atoms with Gasteiger partial charge in [0.1, 0.15) is 11.6 Å². The molecule has 4 N–H and O–H groups in total. The number of aromatic amines is 1. The Bertz CT molecular complexity index is 893. The van der Waals surface area contributed by atoms with E-state index >= 15 is 0 Å². The second-order valence-electron chi connectivity index (χ2n) is 5.50. The Morgan fingerprint density at radius 3 is 2.77 bits per heavy atom. The lowest BCUT2D eigenvalue weighted by Crippen LogP contribution is -2.22. The molecule has 136 valence electrons. The van der Waals surface area contributed by atoms with Crippen molar-refractivity contribution in [3.8, 4) is 17.1 Å². The highest BCUT2D eigenvalue weighted by molar-refractivity contribution is 14.0. The van der Waals surface area contributed by atoms with Crippen LogP contribution in [0.15, 0.2) is 53.5 Å². The third-order valence-electron chi connectivity index (χ3n) is 3.56. The fourth-order valence-electron chi connectivity index (χ4n) is 2.35. The van der Waals surface area contributed by atoms with E-state index in [9.17, 15) is 0 Å². The van der Waals surface area contributed by atoms with Gasteiger partial charge in [0.25, 0.3) is 0 Å². The molecule has 3 rings (SSSR count). The van der Waals surface area contributed by atoms with E-state index in [-0.39, 0.29) is 24.0 Å². The molecule has 0 aliphatic carbocycles. The molecule has 1 aromatic heterocycles. The zero-order valence-electron chi connectivity index (χ0n) is 14.6. The topological polar surface area (TPSA) is 101 Å². The maximum absolute atomic E-state index is 5.97. The van der Waals surface area contributed by atoms with Crippen molar-refractivity contribution >= 4 is 35.6 Å². The minimum atomic E-state index is 0. The Morgan fingerprint density at radius 1 is 1.23 bits per heavy atom. The number of nitrogens with two attached hydrogens (primary N) is 1. The lowest BCUT2D eigenvalue weighted by Gasteiger charge is -2.07. The summed E-state index contributed by atoms with van der Waals surface area (Å²) in [6.07, 6.45) is 0. The summed E-state index contributed by atoms with van der Waals surface area (Å²) in [7, 11) is 1.62. The number of hydrogen-bond donors (Lipinski definition) is 3. The van der Waals surface area contributed by atoms with Crippen LogP contribution >= 0.6 is 24.0 Å². The lowest BCUT2D eigenvalue weighted by atomic mass is 10.1. The predicted molar refractivity (Wildman–Crippen MR) is 114 cm³/mol. The van der Waals surface area contributed by atoms with Crippen LogP contribution in [0.2, 0.25) is 0 Å². The number of methoxy groups -OCH3 is 1. The van der Waals surface area contributed by atoms with Gasteiger partial charge in [-0.1, -0.05) is 24.3 Å². The minimum Gasteiger partial charge on any atom is -0.497 e. The Labute approximate surface area is 169 Å². The number of guanidine groups is 1. The maximum atomic E-state index is 5.97. The van der Waals surface area contributed by atoms with Gasteiger partial charge in [-0.15, -0.1) is 24.0 Å². The molecule has 0 atom stereocenters. The van der Waals surface area contributed by atoms with Crippen molar-refractivity contribution in [2.24, 2.45) is 10.7 Å². The smallest absolute Gasteiger partial charge is 0.193 e. The monoisotopic (exact) mass is 464 g/mol. The molecule has 26 heavy (non-hydrogen) atoms. The molecular formula is C18H21IN6O. The van der Waals surface area contributed by atoms with Gasteiger partial charge >= 0.3 is 0 Å². The summed E-state index contributed by atoms with van der Waals surface area (Å²) in [5, 5.41) is 10.1. The lowest BCUT2D eigenvalue weighted by molar-refractivity contribution is 0.415. The zero-order chi connectivity index (χ0) is 17.6. The molecule has 3 aromatic rings. The van der Waals surface area contributed by atoms with Crippen molar-refractivity contribution in [1.82, 2.24) is 15.2 Å². The molecule has 2 aromatic carbocycles. The van der Waals surface area contributed by atoms with Gasteiger partial charge in [-0.3, -0.25) is 5.10 Å². The standard InChI is InChI=1S/C18H20N6O.HI/c1-12-21-17(24-23-12)14-6-3-5-13(9-14)11-20-18(19)22-15-7-4-8-16(10-15)25-2;/h3-10H,11H2,1-2H3,(H3,19,20,22)(H,21,23,24);1H. The first-order valence-electron chi connectivity index (χ1n) is 7.83. The molecule has 0 spiro atoms. The van der Waals surface area contributed by atoms with E-state index in [1.807, 2.05) is 55.5 Å². The van der Waals surface area contributed by atoms with E-state index in [0.717, 1.165) is 28.4 Å². The average Bonchev–Trinajstić information content (AvgIpc) is 3.07. The van der Waals surface area contributed by atoms with Crippen LogP contribution < -0.4 is 15.8 Å². The predicted octanol–water partition coefficient (Wildman–Crippen LogP) is 3.33. The van der Waals surface area contributed by atoms with E-state index in [2.05, 4.69) is 25.5 Å². The van der Waals surface area contributed by atoms with Gasteiger partial charge in [-0.2, -0.15) is 5.10 Å². The van der Waals surface area contributed by atoms with Gasteiger partial charge in [0.15, 0.2) is 11.8 Å². The molecule has 0 aliphatic heterocycles. The number of benzene rings is 2. The molecule has 1 heterocycles. The first-order valence-corrected chi connectivity index (χ1v) is 7.83. The maximum Gasteiger partial charge on any atom is 0.193 e. The highest BCUT2D eigenvalue weighted by Crippen LogP contribution is 2.18. The molecule has 0 saturated heterocycles. The molecule has 0 saturated carbocycles. The SMILES string of the molecule is COc1cccc(NC(N)=NCc2cccc(-c3n[nH]c(C)n3)c2)c1.I. The number of halogens is 1. The molecule has 0 unspecified atom stereocenters. The highest BCUT2D eigenvalue weighted by atomic mass is 127. The molecular weight excluding hydrogens is 443 g/mol. The fraction of sp³-hybridized carbons (Fsp3) is 0.167. The molecule has 8 heteroatoms. The number of ether oxygens (including phenoxy) is 1.